The smallest absolute Gasteiger partial charge is 0.326 e. The minimum Gasteiger partial charge on any atom is -0.480 e. The number of urea groups is 1. The highest BCUT2D eigenvalue weighted by atomic mass is 32.2. The van der Waals surface area contributed by atoms with Gasteiger partial charge in [0.1, 0.15) is 6.04 Å². The Balaban J connectivity index is 2.31. The van der Waals surface area contributed by atoms with Crippen LogP contribution >= 0.6 is 23.5 Å². The van der Waals surface area contributed by atoms with Crippen LogP contribution in [0.15, 0.2) is 0 Å². The predicted octanol–water partition coefficient (Wildman–Crippen LogP) is -0.537. The molecule has 0 aliphatic carbocycles. The molecular formula is C10H17N3O4S2. The second-order valence-corrected chi connectivity index (χ2v) is 6.54. The van der Waals surface area contributed by atoms with Crippen molar-refractivity contribution >= 4 is 41.4 Å². The van der Waals surface area contributed by atoms with Gasteiger partial charge in [0.25, 0.3) is 0 Å². The Morgan fingerprint density at radius 3 is 2.63 bits per heavy atom. The number of amides is 3. The number of thioether (sulfide) groups is 2. The second kappa shape index (κ2) is 8.16. The maximum atomic E-state index is 11.5. The molecule has 1 aliphatic heterocycles. The van der Waals surface area contributed by atoms with Gasteiger partial charge in [-0.2, -0.15) is 23.5 Å². The third kappa shape index (κ3) is 6.58. The molecule has 7 nitrogen and oxygen atoms in total. The van der Waals surface area contributed by atoms with Crippen molar-refractivity contribution < 1.29 is 19.5 Å². The molecule has 0 aromatic rings. The zero-order valence-corrected chi connectivity index (χ0v) is 11.9. The first kappa shape index (κ1) is 16.0. The van der Waals surface area contributed by atoms with Crippen molar-refractivity contribution in [1.82, 2.24) is 10.6 Å². The summed E-state index contributed by atoms with van der Waals surface area (Å²) < 4.78 is 0. The highest BCUT2D eigenvalue weighted by Gasteiger charge is 2.22. The number of carboxylic acids is 1. The van der Waals surface area contributed by atoms with E-state index >= 15 is 0 Å². The number of primary amides is 1. The molecule has 0 radical (unpaired) electrons. The molecule has 1 rings (SSSR count). The first-order valence-corrected chi connectivity index (χ1v) is 7.94. The van der Waals surface area contributed by atoms with E-state index in [1.54, 1.807) is 11.8 Å². The lowest BCUT2D eigenvalue weighted by Crippen LogP contribution is -2.49. The quantitative estimate of drug-likeness (QED) is 0.523. The average molecular weight is 307 g/mol. The highest BCUT2D eigenvalue weighted by Crippen LogP contribution is 2.23. The molecule has 108 valence electrons. The molecule has 2 atom stereocenters. The van der Waals surface area contributed by atoms with Crippen molar-refractivity contribution in [3.05, 3.63) is 0 Å². The van der Waals surface area contributed by atoms with Crippen LogP contribution in [0.2, 0.25) is 0 Å². The van der Waals surface area contributed by atoms with Gasteiger partial charge in [0.05, 0.1) is 6.42 Å². The summed E-state index contributed by atoms with van der Waals surface area (Å²) >= 11 is 3.62. The van der Waals surface area contributed by atoms with Crippen LogP contribution in [0.1, 0.15) is 6.42 Å². The Morgan fingerprint density at radius 1 is 1.37 bits per heavy atom. The molecule has 1 heterocycles. The zero-order chi connectivity index (χ0) is 14.3. The van der Waals surface area contributed by atoms with Gasteiger partial charge in [-0.1, -0.05) is 0 Å². The summed E-state index contributed by atoms with van der Waals surface area (Å²) in [7, 11) is 0. The Labute approximate surface area is 119 Å². The molecule has 1 aliphatic rings. The van der Waals surface area contributed by atoms with Gasteiger partial charge in [-0.15, -0.1) is 0 Å². The van der Waals surface area contributed by atoms with Crippen LogP contribution in [0, 0.1) is 0 Å². The second-order valence-electron chi connectivity index (χ2n) is 3.98. The lowest BCUT2D eigenvalue weighted by Gasteiger charge is -2.21. The molecule has 1 fully saturated rings. The molecule has 0 spiro atoms. The number of rotatable bonds is 6. The number of carbonyl (C=O) groups excluding carboxylic acids is 2. The number of nitrogens with two attached hydrogens (primary N) is 1. The van der Waals surface area contributed by atoms with Gasteiger partial charge in [0.2, 0.25) is 5.91 Å². The molecule has 3 amide bonds. The fourth-order valence-corrected chi connectivity index (χ4v) is 4.08. The van der Waals surface area contributed by atoms with E-state index in [1.165, 1.54) is 0 Å². The molecular weight excluding hydrogens is 290 g/mol. The fraction of sp³-hybridized carbons (Fsp3) is 0.700. The van der Waals surface area contributed by atoms with Crippen LogP contribution < -0.4 is 16.4 Å². The fourth-order valence-electron chi connectivity index (χ4n) is 1.47. The van der Waals surface area contributed by atoms with Crippen molar-refractivity contribution in [3.63, 3.8) is 0 Å². The molecule has 5 N–H and O–H groups in total. The Kier molecular flexibility index (Phi) is 6.85. The maximum Gasteiger partial charge on any atom is 0.326 e. The van der Waals surface area contributed by atoms with Crippen molar-refractivity contribution in [2.45, 2.75) is 17.7 Å². The van der Waals surface area contributed by atoms with Crippen molar-refractivity contribution in [2.75, 3.05) is 23.8 Å². The number of hydrogen-bond acceptors (Lipinski definition) is 5. The van der Waals surface area contributed by atoms with Gasteiger partial charge in [-0.3, -0.25) is 4.79 Å². The van der Waals surface area contributed by atoms with E-state index in [0.717, 1.165) is 17.3 Å². The summed E-state index contributed by atoms with van der Waals surface area (Å²) in [5.74, 6) is 1.09. The molecule has 0 aromatic heterocycles. The molecule has 0 saturated carbocycles. The predicted molar refractivity (Wildman–Crippen MR) is 75.3 cm³/mol. The first-order chi connectivity index (χ1) is 8.99. The summed E-state index contributed by atoms with van der Waals surface area (Å²) in [5, 5.41) is 14.0. The number of carboxylic acid groups (broad SMARTS) is 1. The summed E-state index contributed by atoms with van der Waals surface area (Å²) in [6, 6.07) is -1.88. The molecule has 9 heteroatoms. The standard InChI is InChI=1S/C10H17N3O4S2/c11-8(14)3-7(9(15)16)13-10(17)12-4-6-5-18-1-2-19-6/h6-7H,1-5H2,(H2,11,14)(H,15,16)(H2,12,13,17). The summed E-state index contributed by atoms with van der Waals surface area (Å²) in [5.41, 5.74) is 4.92. The van der Waals surface area contributed by atoms with Crippen LogP contribution in [-0.2, 0) is 9.59 Å². The number of carbonyl (C=O) groups is 3. The van der Waals surface area contributed by atoms with Crippen molar-refractivity contribution in [2.24, 2.45) is 5.73 Å². The molecule has 0 aromatic carbocycles. The number of nitrogens with one attached hydrogen (secondary N) is 2. The highest BCUT2D eigenvalue weighted by molar-refractivity contribution is 8.06. The number of aliphatic carboxylic acids is 1. The van der Waals surface area contributed by atoms with Gasteiger partial charge in [-0.25, -0.2) is 9.59 Å². The van der Waals surface area contributed by atoms with Crippen molar-refractivity contribution in [3.8, 4) is 0 Å². The van der Waals surface area contributed by atoms with E-state index in [9.17, 15) is 14.4 Å². The van der Waals surface area contributed by atoms with E-state index < -0.39 is 30.4 Å². The lowest BCUT2D eigenvalue weighted by molar-refractivity contribution is -0.140. The topological polar surface area (TPSA) is 122 Å². The Morgan fingerprint density at radius 2 is 2.11 bits per heavy atom. The van der Waals surface area contributed by atoms with Crippen LogP contribution in [0.25, 0.3) is 0 Å². The SMILES string of the molecule is NC(=O)CC(NC(=O)NCC1CSCCS1)C(=O)O. The largest absolute Gasteiger partial charge is 0.480 e. The van der Waals surface area contributed by atoms with Crippen LogP contribution in [0.5, 0.6) is 0 Å². The Hall–Kier alpha value is -1.09. The minimum absolute atomic E-state index is 0.337. The summed E-state index contributed by atoms with van der Waals surface area (Å²) in [6.45, 7) is 0.479. The third-order valence-corrected chi connectivity index (χ3v) is 5.23. The minimum atomic E-state index is -1.29. The van der Waals surface area contributed by atoms with Gasteiger partial charge < -0.3 is 21.5 Å². The van der Waals surface area contributed by atoms with Crippen LogP contribution in [0.3, 0.4) is 0 Å². The van der Waals surface area contributed by atoms with Crippen LogP contribution in [-0.4, -0.2) is 58.1 Å². The maximum absolute atomic E-state index is 11.5. The molecule has 1 saturated heterocycles. The monoisotopic (exact) mass is 307 g/mol. The number of hydrogen-bond donors (Lipinski definition) is 4. The van der Waals surface area contributed by atoms with E-state index in [2.05, 4.69) is 10.6 Å². The van der Waals surface area contributed by atoms with Gasteiger partial charge >= 0.3 is 12.0 Å². The van der Waals surface area contributed by atoms with E-state index in [0.29, 0.717) is 11.8 Å². The summed E-state index contributed by atoms with van der Waals surface area (Å²) in [6.07, 6.45) is -0.420. The van der Waals surface area contributed by atoms with Gasteiger partial charge in [-0.05, 0) is 0 Å². The van der Waals surface area contributed by atoms with Crippen molar-refractivity contribution in [1.29, 1.82) is 0 Å². The third-order valence-electron chi connectivity index (χ3n) is 2.38. The molecule has 0 bridgehead atoms. The van der Waals surface area contributed by atoms with Gasteiger partial charge in [0, 0.05) is 29.1 Å². The van der Waals surface area contributed by atoms with Crippen LogP contribution in [0.4, 0.5) is 4.79 Å². The molecule has 2 unspecified atom stereocenters. The van der Waals surface area contributed by atoms with E-state index in [1.807, 2.05) is 11.8 Å². The lowest BCUT2D eigenvalue weighted by atomic mass is 10.2. The molecule has 19 heavy (non-hydrogen) atoms. The van der Waals surface area contributed by atoms with Gasteiger partial charge in [0.15, 0.2) is 0 Å². The first-order valence-electron chi connectivity index (χ1n) is 5.74. The normalized spacial score (nSPS) is 20.3. The summed E-state index contributed by atoms with van der Waals surface area (Å²) in [4.78, 5) is 33.0. The van der Waals surface area contributed by atoms with E-state index in [-0.39, 0.29) is 0 Å². The average Bonchev–Trinajstić information content (AvgIpc) is 2.36. The Bertz CT molecular complexity index is 348. The zero-order valence-electron chi connectivity index (χ0n) is 10.3. The van der Waals surface area contributed by atoms with E-state index in [4.69, 9.17) is 10.8 Å².